The third-order valence-electron chi connectivity index (χ3n) is 6.90. The largest absolute Gasteiger partial charge is 0.431 e. The van der Waals surface area contributed by atoms with Gasteiger partial charge in [0.15, 0.2) is 5.82 Å². The molecular formula is C24H23F3N6. The number of aromatic nitrogens is 5. The van der Waals surface area contributed by atoms with Crippen molar-refractivity contribution < 1.29 is 13.2 Å². The van der Waals surface area contributed by atoms with Gasteiger partial charge in [0.25, 0.3) is 0 Å². The van der Waals surface area contributed by atoms with Crippen LogP contribution in [0.5, 0.6) is 0 Å². The Morgan fingerprint density at radius 3 is 2.55 bits per heavy atom. The summed E-state index contributed by atoms with van der Waals surface area (Å²) in [6, 6.07) is 2.77. The first-order valence-electron chi connectivity index (χ1n) is 11.4. The molecule has 4 aromatic rings. The molecule has 0 bridgehead atoms. The quantitative estimate of drug-likeness (QED) is 0.423. The normalized spacial score (nSPS) is 17.6. The molecule has 2 fully saturated rings. The summed E-state index contributed by atoms with van der Waals surface area (Å²) in [5.74, 6) is 1.73. The first-order chi connectivity index (χ1) is 16.0. The number of aromatic amines is 1. The van der Waals surface area contributed by atoms with E-state index in [0.29, 0.717) is 22.7 Å². The van der Waals surface area contributed by atoms with Gasteiger partial charge in [-0.15, -0.1) is 0 Å². The van der Waals surface area contributed by atoms with Crippen LogP contribution in [0.4, 0.5) is 19.0 Å². The van der Waals surface area contributed by atoms with Gasteiger partial charge in [0, 0.05) is 41.8 Å². The number of nitrogens with zero attached hydrogens (tertiary/aromatic N) is 5. The number of nitrogens with one attached hydrogen (secondary N) is 1. The maximum absolute atomic E-state index is 13.3. The predicted molar refractivity (Wildman–Crippen MR) is 120 cm³/mol. The number of rotatable bonds is 3. The molecule has 6 nitrogen and oxygen atoms in total. The Morgan fingerprint density at radius 1 is 1.00 bits per heavy atom. The lowest BCUT2D eigenvalue weighted by Crippen LogP contribution is -2.31. The molecule has 4 aromatic heterocycles. The Balaban J connectivity index is 1.58. The number of pyridine rings is 2. The fourth-order valence-electron chi connectivity index (χ4n) is 4.95. The zero-order valence-electron chi connectivity index (χ0n) is 18.0. The molecule has 5 heterocycles. The molecule has 0 atom stereocenters. The number of H-pyrrole nitrogens is 1. The lowest BCUT2D eigenvalue weighted by molar-refractivity contribution is -0.140. The van der Waals surface area contributed by atoms with Crippen molar-refractivity contribution in [2.75, 3.05) is 18.0 Å². The van der Waals surface area contributed by atoms with Crippen molar-refractivity contribution in [2.24, 2.45) is 0 Å². The van der Waals surface area contributed by atoms with Crippen LogP contribution in [0.15, 0.2) is 30.7 Å². The zero-order valence-corrected chi connectivity index (χ0v) is 18.0. The van der Waals surface area contributed by atoms with Gasteiger partial charge in [0.2, 0.25) is 0 Å². The van der Waals surface area contributed by atoms with Crippen molar-refractivity contribution in [3.05, 3.63) is 42.0 Å². The van der Waals surface area contributed by atoms with E-state index in [-0.39, 0.29) is 5.65 Å². The molecule has 0 unspecified atom stereocenters. The highest BCUT2D eigenvalue weighted by Gasteiger charge is 2.33. The van der Waals surface area contributed by atoms with E-state index < -0.39 is 11.9 Å². The Kier molecular flexibility index (Phi) is 4.74. The van der Waals surface area contributed by atoms with Crippen molar-refractivity contribution in [1.29, 1.82) is 0 Å². The maximum atomic E-state index is 13.3. The van der Waals surface area contributed by atoms with Crippen LogP contribution in [0, 0.1) is 0 Å². The third-order valence-corrected chi connectivity index (χ3v) is 6.90. The molecular weight excluding hydrogens is 429 g/mol. The first-order valence-corrected chi connectivity index (χ1v) is 11.4. The Morgan fingerprint density at radius 2 is 1.82 bits per heavy atom. The van der Waals surface area contributed by atoms with Crippen LogP contribution in [-0.2, 0) is 6.18 Å². The summed E-state index contributed by atoms with van der Waals surface area (Å²) in [7, 11) is 0. The van der Waals surface area contributed by atoms with Gasteiger partial charge in [0.1, 0.15) is 17.2 Å². The fourth-order valence-corrected chi connectivity index (χ4v) is 4.95. The minimum Gasteiger partial charge on any atom is -0.356 e. The zero-order chi connectivity index (χ0) is 22.6. The lowest BCUT2D eigenvalue weighted by Gasteiger charge is -2.32. The number of halogens is 3. The van der Waals surface area contributed by atoms with E-state index in [4.69, 9.17) is 9.97 Å². The molecule has 0 spiro atoms. The topological polar surface area (TPSA) is 70.6 Å². The summed E-state index contributed by atoms with van der Waals surface area (Å²) in [6.45, 7) is 1.82. The average molecular weight is 452 g/mol. The van der Waals surface area contributed by atoms with Crippen LogP contribution >= 0.6 is 0 Å². The van der Waals surface area contributed by atoms with Crippen LogP contribution in [0.25, 0.3) is 33.3 Å². The highest BCUT2D eigenvalue weighted by Crippen LogP contribution is 2.42. The van der Waals surface area contributed by atoms with Gasteiger partial charge < -0.3 is 9.88 Å². The van der Waals surface area contributed by atoms with Crippen LogP contribution in [-0.4, -0.2) is 38.0 Å². The molecule has 1 saturated heterocycles. The van der Waals surface area contributed by atoms with E-state index in [1.807, 2.05) is 6.20 Å². The Labute approximate surface area is 188 Å². The van der Waals surface area contributed by atoms with Gasteiger partial charge in [-0.2, -0.15) is 13.2 Å². The molecule has 170 valence electrons. The fraction of sp³-hybridized carbons (Fsp3) is 0.417. The van der Waals surface area contributed by atoms with Crippen LogP contribution in [0.2, 0.25) is 0 Å². The van der Waals surface area contributed by atoms with Gasteiger partial charge in [-0.05, 0) is 55.7 Å². The van der Waals surface area contributed by atoms with E-state index >= 15 is 0 Å². The number of anilines is 1. The van der Waals surface area contributed by atoms with Crippen LogP contribution < -0.4 is 4.90 Å². The first kappa shape index (κ1) is 20.4. The number of hydrogen-bond acceptors (Lipinski definition) is 5. The molecule has 0 aromatic carbocycles. The van der Waals surface area contributed by atoms with E-state index in [0.717, 1.165) is 61.6 Å². The van der Waals surface area contributed by atoms with Gasteiger partial charge in [-0.1, -0.05) is 6.42 Å². The summed E-state index contributed by atoms with van der Waals surface area (Å²) in [5.41, 5.74) is 1.79. The third kappa shape index (κ3) is 3.50. The predicted octanol–water partition coefficient (Wildman–Crippen LogP) is 5.84. The second kappa shape index (κ2) is 7.67. The molecule has 1 saturated carbocycles. The van der Waals surface area contributed by atoms with Crippen molar-refractivity contribution in [2.45, 2.75) is 50.6 Å². The molecule has 9 heteroatoms. The van der Waals surface area contributed by atoms with Gasteiger partial charge in [0.05, 0.1) is 11.7 Å². The van der Waals surface area contributed by atoms with Crippen molar-refractivity contribution in [3.63, 3.8) is 0 Å². The van der Waals surface area contributed by atoms with Crippen molar-refractivity contribution in [3.8, 4) is 11.4 Å². The van der Waals surface area contributed by atoms with Crippen LogP contribution in [0.3, 0.4) is 0 Å². The number of fused-ring (bicyclic) bond motifs is 2. The molecule has 6 rings (SSSR count). The molecule has 1 N–H and O–H groups in total. The molecule has 0 radical (unpaired) electrons. The average Bonchev–Trinajstić information content (AvgIpc) is 3.23. The number of alkyl halides is 3. The monoisotopic (exact) mass is 452 g/mol. The van der Waals surface area contributed by atoms with E-state index in [9.17, 15) is 13.2 Å². The van der Waals surface area contributed by atoms with Crippen molar-refractivity contribution >= 4 is 27.8 Å². The van der Waals surface area contributed by atoms with E-state index in [1.165, 1.54) is 24.6 Å². The highest BCUT2D eigenvalue weighted by molar-refractivity contribution is 5.97. The number of piperidine rings is 1. The molecule has 0 amide bonds. The minimum atomic E-state index is -4.48. The SMILES string of the molecule is FC(F)(F)c1cc2c(-c3nc(N4CCCCC4)c4c(C5CCC5)cncc4n3)ccnc2[nH]1. The molecule has 33 heavy (non-hydrogen) atoms. The lowest BCUT2D eigenvalue weighted by atomic mass is 9.79. The molecule has 1 aliphatic carbocycles. The summed E-state index contributed by atoms with van der Waals surface area (Å²) in [6.07, 6.45) is 7.55. The maximum Gasteiger partial charge on any atom is 0.431 e. The van der Waals surface area contributed by atoms with E-state index in [2.05, 4.69) is 19.9 Å². The Bertz CT molecular complexity index is 1340. The van der Waals surface area contributed by atoms with Crippen molar-refractivity contribution in [1.82, 2.24) is 24.9 Å². The summed E-state index contributed by atoms with van der Waals surface area (Å²) >= 11 is 0. The second-order valence-corrected chi connectivity index (χ2v) is 8.97. The van der Waals surface area contributed by atoms with Gasteiger partial charge in [-0.3, -0.25) is 4.98 Å². The standard InChI is InChI=1S/C24H23F3N6/c25-24(26,27)19-11-16-15(7-8-29-21(16)31-19)22-30-18-13-28-12-17(14-5-4-6-14)20(18)23(32-22)33-9-2-1-3-10-33/h7-8,11-14H,1-6,9-10H2,(H,29,31). The summed E-state index contributed by atoms with van der Waals surface area (Å²) in [4.78, 5) is 23.0. The second-order valence-electron chi connectivity index (χ2n) is 8.97. The number of hydrogen-bond donors (Lipinski definition) is 1. The highest BCUT2D eigenvalue weighted by atomic mass is 19.4. The Hall–Kier alpha value is -3.23. The van der Waals surface area contributed by atoms with Gasteiger partial charge in [-0.25, -0.2) is 15.0 Å². The van der Waals surface area contributed by atoms with Gasteiger partial charge >= 0.3 is 6.18 Å². The summed E-state index contributed by atoms with van der Waals surface area (Å²) < 4.78 is 40.0. The minimum absolute atomic E-state index is 0.171. The van der Waals surface area contributed by atoms with E-state index in [1.54, 1.807) is 12.3 Å². The molecule has 1 aliphatic heterocycles. The smallest absolute Gasteiger partial charge is 0.356 e. The van der Waals surface area contributed by atoms with Crippen LogP contribution in [0.1, 0.15) is 55.7 Å². The summed E-state index contributed by atoms with van der Waals surface area (Å²) in [5, 5.41) is 1.40. The molecule has 2 aliphatic rings.